The van der Waals surface area contributed by atoms with Gasteiger partial charge < -0.3 is 16.0 Å². The largest absolute Gasteiger partial charge is 0.383 e. The van der Waals surface area contributed by atoms with Gasteiger partial charge in [-0.1, -0.05) is 30.8 Å². The van der Waals surface area contributed by atoms with Gasteiger partial charge in [-0.25, -0.2) is 9.97 Å². The monoisotopic (exact) mass is 439 g/mol. The molecule has 2 amide bonds. The molecule has 2 aromatic heterocycles. The van der Waals surface area contributed by atoms with Crippen LogP contribution in [0.1, 0.15) is 23.8 Å². The summed E-state index contributed by atoms with van der Waals surface area (Å²) in [7, 11) is 0. The number of fused-ring (bicyclic) bond motifs is 4. The van der Waals surface area contributed by atoms with Crippen LogP contribution in [0, 0.1) is 5.92 Å². The fraction of sp³-hybridized carbons (Fsp3) is 0.333. The van der Waals surface area contributed by atoms with Crippen molar-refractivity contribution in [2.75, 3.05) is 28.2 Å². The highest BCUT2D eigenvalue weighted by atomic mass is 32.2. The van der Waals surface area contributed by atoms with Gasteiger partial charge in [-0.15, -0.1) is 11.3 Å². The second kappa shape index (κ2) is 7.55. The molecule has 0 radical (unpaired) electrons. The highest BCUT2D eigenvalue weighted by Crippen LogP contribution is 2.40. The SMILES string of the molecule is CC1CCc2c(sc3nc(SCC(=O)N4CC(=O)Nc5ccccc54)nc(N)c23)C1. The van der Waals surface area contributed by atoms with E-state index in [4.69, 9.17) is 5.73 Å². The van der Waals surface area contributed by atoms with E-state index in [2.05, 4.69) is 22.2 Å². The quantitative estimate of drug-likeness (QED) is 0.479. The average Bonchev–Trinajstić information content (AvgIpc) is 3.09. The fourth-order valence-corrected chi connectivity index (χ4v) is 6.25. The summed E-state index contributed by atoms with van der Waals surface area (Å²) >= 11 is 2.95. The van der Waals surface area contributed by atoms with E-state index in [0.29, 0.717) is 28.3 Å². The Morgan fingerprint density at radius 3 is 3.07 bits per heavy atom. The van der Waals surface area contributed by atoms with Crippen molar-refractivity contribution < 1.29 is 9.59 Å². The number of thiophene rings is 1. The smallest absolute Gasteiger partial charge is 0.244 e. The van der Waals surface area contributed by atoms with Crippen molar-refractivity contribution in [3.05, 3.63) is 34.7 Å². The van der Waals surface area contributed by atoms with Crippen molar-refractivity contribution in [3.8, 4) is 0 Å². The third-order valence-electron chi connectivity index (χ3n) is 5.56. The molecule has 3 N–H and O–H groups in total. The lowest BCUT2D eigenvalue weighted by molar-refractivity contribution is -0.120. The standard InChI is InChI=1S/C21H21N5O2S2/c1-11-6-7-12-15(8-11)30-20-18(12)19(22)24-21(25-20)29-10-17(28)26-9-16(27)23-13-4-2-3-5-14(13)26/h2-5,11H,6-10H2,1H3,(H,23,27)(H2,22,24,25). The van der Waals surface area contributed by atoms with E-state index in [1.807, 2.05) is 18.2 Å². The molecule has 30 heavy (non-hydrogen) atoms. The molecule has 9 heteroatoms. The number of carbonyl (C=O) groups excluding carboxylic acids is 2. The topological polar surface area (TPSA) is 101 Å². The summed E-state index contributed by atoms with van der Waals surface area (Å²) < 4.78 is 0. The lowest BCUT2D eigenvalue weighted by Gasteiger charge is -2.28. The second-order valence-electron chi connectivity index (χ2n) is 7.76. The van der Waals surface area contributed by atoms with Crippen LogP contribution in [0.4, 0.5) is 17.2 Å². The van der Waals surface area contributed by atoms with Gasteiger partial charge in [0.05, 0.1) is 22.5 Å². The van der Waals surface area contributed by atoms with Crippen LogP contribution in [0.25, 0.3) is 10.2 Å². The van der Waals surface area contributed by atoms with Crippen LogP contribution in [0.3, 0.4) is 0 Å². The molecule has 1 aliphatic carbocycles. The third-order valence-corrected chi connectivity index (χ3v) is 7.54. The molecule has 0 spiro atoms. The molecule has 154 valence electrons. The van der Waals surface area contributed by atoms with Crippen molar-refractivity contribution in [1.82, 2.24) is 9.97 Å². The third kappa shape index (κ3) is 3.41. The summed E-state index contributed by atoms with van der Waals surface area (Å²) in [6.45, 7) is 2.28. The lowest BCUT2D eigenvalue weighted by Crippen LogP contribution is -2.43. The Morgan fingerprint density at radius 2 is 2.20 bits per heavy atom. The highest BCUT2D eigenvalue weighted by Gasteiger charge is 2.27. The molecule has 1 aromatic carbocycles. The number of para-hydroxylation sites is 2. The van der Waals surface area contributed by atoms with E-state index in [1.165, 1.54) is 27.1 Å². The number of rotatable bonds is 3. The van der Waals surface area contributed by atoms with Crippen molar-refractivity contribution in [1.29, 1.82) is 0 Å². The first-order valence-corrected chi connectivity index (χ1v) is 11.7. The number of hydrogen-bond donors (Lipinski definition) is 2. The van der Waals surface area contributed by atoms with Crippen LogP contribution in [-0.2, 0) is 22.4 Å². The highest BCUT2D eigenvalue weighted by molar-refractivity contribution is 7.99. The summed E-state index contributed by atoms with van der Waals surface area (Å²) in [5, 5.41) is 4.27. The maximum absolute atomic E-state index is 12.9. The molecule has 2 aliphatic rings. The maximum Gasteiger partial charge on any atom is 0.244 e. The Kier molecular flexibility index (Phi) is 4.86. The Labute approximate surface area is 182 Å². The van der Waals surface area contributed by atoms with Crippen molar-refractivity contribution in [2.45, 2.75) is 31.3 Å². The fourth-order valence-electron chi connectivity index (χ4n) is 4.07. The molecule has 0 saturated carbocycles. The van der Waals surface area contributed by atoms with E-state index in [-0.39, 0.29) is 24.1 Å². The Morgan fingerprint density at radius 1 is 1.37 bits per heavy atom. The van der Waals surface area contributed by atoms with E-state index >= 15 is 0 Å². The summed E-state index contributed by atoms with van der Waals surface area (Å²) in [6.07, 6.45) is 3.24. The van der Waals surface area contributed by atoms with Gasteiger partial charge in [0.1, 0.15) is 17.2 Å². The number of thioether (sulfide) groups is 1. The molecule has 3 heterocycles. The number of aromatic nitrogens is 2. The van der Waals surface area contributed by atoms with Gasteiger partial charge in [0, 0.05) is 4.88 Å². The van der Waals surface area contributed by atoms with Gasteiger partial charge in [-0.05, 0) is 42.9 Å². The normalized spacial score (nSPS) is 18.1. The van der Waals surface area contributed by atoms with Gasteiger partial charge in [0.25, 0.3) is 0 Å². The van der Waals surface area contributed by atoms with Gasteiger partial charge in [-0.2, -0.15) is 0 Å². The number of amides is 2. The zero-order chi connectivity index (χ0) is 20.8. The molecule has 5 rings (SSSR count). The van der Waals surface area contributed by atoms with Gasteiger partial charge in [0.2, 0.25) is 11.8 Å². The molecule has 7 nitrogen and oxygen atoms in total. The van der Waals surface area contributed by atoms with E-state index in [9.17, 15) is 9.59 Å². The van der Waals surface area contributed by atoms with Crippen molar-refractivity contribution in [2.24, 2.45) is 5.92 Å². The van der Waals surface area contributed by atoms with Gasteiger partial charge in [-0.3, -0.25) is 9.59 Å². The van der Waals surface area contributed by atoms with Crippen LogP contribution in [0.5, 0.6) is 0 Å². The molecule has 1 aliphatic heterocycles. The van der Waals surface area contributed by atoms with Crippen LogP contribution >= 0.6 is 23.1 Å². The summed E-state index contributed by atoms with van der Waals surface area (Å²) in [5.41, 5.74) is 8.94. The van der Waals surface area contributed by atoms with Gasteiger partial charge in [0.15, 0.2) is 5.16 Å². The Hall–Kier alpha value is -2.65. The number of carbonyl (C=O) groups is 2. The molecule has 1 atom stereocenters. The lowest BCUT2D eigenvalue weighted by atomic mass is 9.89. The van der Waals surface area contributed by atoms with E-state index in [0.717, 1.165) is 29.5 Å². The molecular formula is C21H21N5O2S2. The Balaban J connectivity index is 1.37. The summed E-state index contributed by atoms with van der Waals surface area (Å²) in [4.78, 5) is 37.8. The number of benzene rings is 1. The first kappa shape index (κ1) is 19.3. The minimum Gasteiger partial charge on any atom is -0.383 e. The average molecular weight is 440 g/mol. The predicted molar refractivity (Wildman–Crippen MR) is 121 cm³/mol. The molecule has 0 fully saturated rings. The minimum atomic E-state index is -0.202. The number of hydrogen-bond acceptors (Lipinski definition) is 7. The number of aryl methyl sites for hydroxylation is 1. The number of nitrogens with two attached hydrogens (primary N) is 1. The number of nitrogen functional groups attached to an aromatic ring is 1. The van der Waals surface area contributed by atoms with Crippen LogP contribution in [0.15, 0.2) is 29.4 Å². The minimum absolute atomic E-state index is 0.00820. The molecule has 0 saturated heterocycles. The number of nitrogens with one attached hydrogen (secondary N) is 1. The Bertz CT molecular complexity index is 1180. The maximum atomic E-state index is 12.9. The molecule has 1 unspecified atom stereocenters. The van der Waals surface area contributed by atoms with Crippen molar-refractivity contribution in [3.63, 3.8) is 0 Å². The van der Waals surface area contributed by atoms with Crippen molar-refractivity contribution >= 4 is 62.3 Å². The van der Waals surface area contributed by atoms with Gasteiger partial charge >= 0.3 is 0 Å². The second-order valence-corrected chi connectivity index (χ2v) is 9.78. The summed E-state index contributed by atoms with van der Waals surface area (Å²) in [6, 6.07) is 7.29. The zero-order valence-corrected chi connectivity index (χ0v) is 18.1. The summed E-state index contributed by atoms with van der Waals surface area (Å²) in [5.74, 6) is 0.936. The van der Waals surface area contributed by atoms with Crippen LogP contribution in [0.2, 0.25) is 0 Å². The molecule has 0 bridgehead atoms. The number of anilines is 3. The van der Waals surface area contributed by atoms with E-state index < -0.39 is 0 Å². The zero-order valence-electron chi connectivity index (χ0n) is 16.5. The molecular weight excluding hydrogens is 418 g/mol. The van der Waals surface area contributed by atoms with E-state index in [1.54, 1.807) is 17.4 Å². The first-order chi connectivity index (χ1) is 14.5. The van der Waals surface area contributed by atoms with Crippen LogP contribution in [-0.4, -0.2) is 34.1 Å². The first-order valence-electron chi connectivity index (χ1n) is 9.89. The predicted octanol–water partition coefficient (Wildman–Crippen LogP) is 3.48. The molecule has 3 aromatic rings. The number of nitrogens with zero attached hydrogens (tertiary/aromatic N) is 3. The van der Waals surface area contributed by atoms with Crippen LogP contribution < -0.4 is 16.0 Å².